The fourth-order valence-corrected chi connectivity index (χ4v) is 1.32. The van der Waals surface area contributed by atoms with Gasteiger partial charge in [0.2, 0.25) is 0 Å². The van der Waals surface area contributed by atoms with Gasteiger partial charge in [-0.05, 0) is 30.2 Å². The average molecular weight is 212 g/mol. The van der Waals surface area contributed by atoms with Crippen LogP contribution < -0.4 is 9.47 Å². The molecule has 0 aromatic heterocycles. The van der Waals surface area contributed by atoms with Crippen molar-refractivity contribution in [3.05, 3.63) is 23.3 Å². The summed E-state index contributed by atoms with van der Waals surface area (Å²) >= 11 is 0. The number of hydrogen-bond acceptors (Lipinski definition) is 3. The maximum atomic E-state index is 8.95. The second kappa shape index (κ2) is 7.12. The summed E-state index contributed by atoms with van der Waals surface area (Å²) in [6.45, 7) is 5.93. The predicted octanol–water partition coefficient (Wildman–Crippen LogP) is 2.53. The summed E-state index contributed by atoms with van der Waals surface area (Å²) in [6, 6.07) is 3.65. The van der Waals surface area contributed by atoms with Crippen LogP contribution in [0.4, 0.5) is 0 Å². The number of aliphatic hydroxyl groups is 1. The quantitative estimate of drug-likeness (QED) is 0.836. The van der Waals surface area contributed by atoms with E-state index in [1.807, 2.05) is 26.8 Å². The Labute approximate surface area is 91.6 Å². The number of aryl methyl sites for hydroxylation is 1. The van der Waals surface area contributed by atoms with Crippen LogP contribution in [-0.2, 0) is 6.61 Å². The number of benzene rings is 1. The van der Waals surface area contributed by atoms with Crippen molar-refractivity contribution in [3.8, 4) is 11.5 Å². The molecule has 0 radical (unpaired) electrons. The molecule has 15 heavy (non-hydrogen) atoms. The first-order valence-electron chi connectivity index (χ1n) is 5.05. The van der Waals surface area contributed by atoms with Gasteiger partial charge in [-0.2, -0.15) is 0 Å². The van der Waals surface area contributed by atoms with Gasteiger partial charge in [0, 0.05) is 0 Å². The smallest absolute Gasteiger partial charge is 0.163 e. The highest BCUT2D eigenvalue weighted by Crippen LogP contribution is 2.31. The number of ether oxygens (including phenoxy) is 2. The molecular formula is C12H20O3. The molecule has 0 bridgehead atoms. The van der Waals surface area contributed by atoms with Crippen molar-refractivity contribution in [1.82, 2.24) is 0 Å². The molecule has 0 saturated carbocycles. The largest absolute Gasteiger partial charge is 0.493 e. The van der Waals surface area contributed by atoms with Gasteiger partial charge in [-0.15, -0.1) is 0 Å². The van der Waals surface area contributed by atoms with Crippen LogP contribution in [0.25, 0.3) is 0 Å². The van der Waals surface area contributed by atoms with E-state index in [0.717, 1.165) is 16.9 Å². The Morgan fingerprint density at radius 1 is 1.13 bits per heavy atom. The molecule has 1 aromatic rings. The van der Waals surface area contributed by atoms with Crippen LogP contribution in [0, 0.1) is 6.92 Å². The lowest BCUT2D eigenvalue weighted by Gasteiger charge is -2.11. The zero-order chi connectivity index (χ0) is 11.8. The molecule has 1 N–H and O–H groups in total. The molecule has 0 unspecified atom stereocenters. The SMILES string of the molecule is CC.COc1cc(CO)cc(C)c1OC. The number of aliphatic hydroxyl groups excluding tert-OH is 1. The zero-order valence-electron chi connectivity index (χ0n) is 10.1. The highest BCUT2D eigenvalue weighted by atomic mass is 16.5. The Kier molecular flexibility index (Phi) is 6.54. The highest BCUT2D eigenvalue weighted by Gasteiger charge is 2.08. The minimum absolute atomic E-state index is 0.0151. The monoisotopic (exact) mass is 212 g/mol. The van der Waals surface area contributed by atoms with E-state index in [2.05, 4.69) is 0 Å². The standard InChI is InChI=1S/C10H14O3.C2H6/c1-7-4-8(6-11)5-9(12-2)10(7)13-3;1-2/h4-5,11H,6H2,1-3H3;1-2H3. The predicted molar refractivity (Wildman–Crippen MR) is 61.6 cm³/mol. The molecule has 1 aromatic carbocycles. The van der Waals surface area contributed by atoms with E-state index in [9.17, 15) is 0 Å². The molecule has 0 aliphatic heterocycles. The van der Waals surface area contributed by atoms with Crippen LogP contribution in [0.3, 0.4) is 0 Å². The topological polar surface area (TPSA) is 38.7 Å². The van der Waals surface area contributed by atoms with Crippen molar-refractivity contribution in [2.45, 2.75) is 27.4 Å². The van der Waals surface area contributed by atoms with Gasteiger partial charge in [0.1, 0.15) is 0 Å². The molecular weight excluding hydrogens is 192 g/mol. The normalized spacial score (nSPS) is 8.93. The summed E-state index contributed by atoms with van der Waals surface area (Å²) < 4.78 is 10.3. The maximum Gasteiger partial charge on any atom is 0.163 e. The molecule has 0 atom stereocenters. The van der Waals surface area contributed by atoms with Crippen LogP contribution in [0.2, 0.25) is 0 Å². The summed E-state index contributed by atoms with van der Waals surface area (Å²) in [5.41, 5.74) is 1.79. The van der Waals surface area contributed by atoms with Gasteiger partial charge in [-0.1, -0.05) is 13.8 Å². The molecule has 0 saturated heterocycles. The molecule has 3 nitrogen and oxygen atoms in total. The molecule has 3 heteroatoms. The summed E-state index contributed by atoms with van der Waals surface area (Å²) in [7, 11) is 3.18. The minimum atomic E-state index is 0.0151. The van der Waals surface area contributed by atoms with Crippen molar-refractivity contribution in [2.24, 2.45) is 0 Å². The number of methoxy groups -OCH3 is 2. The molecule has 0 fully saturated rings. The third-order valence-corrected chi connectivity index (χ3v) is 1.91. The van der Waals surface area contributed by atoms with E-state index in [4.69, 9.17) is 14.6 Å². The number of hydrogen-bond donors (Lipinski definition) is 1. The van der Waals surface area contributed by atoms with Crippen LogP contribution in [0.15, 0.2) is 12.1 Å². The first-order valence-corrected chi connectivity index (χ1v) is 5.05. The van der Waals surface area contributed by atoms with E-state index in [1.54, 1.807) is 20.3 Å². The van der Waals surface area contributed by atoms with Gasteiger partial charge < -0.3 is 14.6 Å². The third kappa shape index (κ3) is 3.44. The molecule has 1 rings (SSSR count). The Hall–Kier alpha value is -1.22. The first kappa shape index (κ1) is 13.8. The molecule has 0 spiro atoms. The molecule has 0 heterocycles. The van der Waals surface area contributed by atoms with Gasteiger partial charge in [0.05, 0.1) is 20.8 Å². The van der Waals surface area contributed by atoms with Crippen molar-refractivity contribution >= 4 is 0 Å². The Balaban J connectivity index is 0.000000921. The van der Waals surface area contributed by atoms with Gasteiger partial charge in [0.15, 0.2) is 11.5 Å². The van der Waals surface area contributed by atoms with Gasteiger partial charge >= 0.3 is 0 Å². The van der Waals surface area contributed by atoms with Crippen molar-refractivity contribution in [2.75, 3.05) is 14.2 Å². The van der Waals surface area contributed by atoms with E-state index in [-0.39, 0.29) is 6.61 Å². The second-order valence-corrected chi connectivity index (χ2v) is 2.81. The van der Waals surface area contributed by atoms with Crippen LogP contribution in [0.1, 0.15) is 25.0 Å². The van der Waals surface area contributed by atoms with E-state index in [1.165, 1.54) is 0 Å². The lowest BCUT2D eigenvalue weighted by molar-refractivity contribution is 0.280. The highest BCUT2D eigenvalue weighted by molar-refractivity contribution is 5.48. The summed E-state index contributed by atoms with van der Waals surface area (Å²) in [5, 5.41) is 8.95. The Morgan fingerprint density at radius 3 is 2.13 bits per heavy atom. The van der Waals surface area contributed by atoms with Gasteiger partial charge in [-0.3, -0.25) is 0 Å². The third-order valence-electron chi connectivity index (χ3n) is 1.91. The average Bonchev–Trinajstić information content (AvgIpc) is 2.30. The van der Waals surface area contributed by atoms with E-state index >= 15 is 0 Å². The fraction of sp³-hybridized carbons (Fsp3) is 0.500. The molecule has 0 aliphatic carbocycles. The summed E-state index contributed by atoms with van der Waals surface area (Å²) in [6.07, 6.45) is 0. The van der Waals surface area contributed by atoms with E-state index < -0.39 is 0 Å². The molecule has 86 valence electrons. The van der Waals surface area contributed by atoms with Crippen molar-refractivity contribution < 1.29 is 14.6 Å². The van der Waals surface area contributed by atoms with Gasteiger partial charge in [0.25, 0.3) is 0 Å². The number of rotatable bonds is 3. The first-order chi connectivity index (χ1) is 7.22. The Bertz CT molecular complexity index is 295. The molecule has 0 aliphatic rings. The Morgan fingerprint density at radius 2 is 1.73 bits per heavy atom. The summed E-state index contributed by atoms with van der Waals surface area (Å²) in [5.74, 6) is 1.38. The lowest BCUT2D eigenvalue weighted by Crippen LogP contribution is -1.95. The zero-order valence-corrected chi connectivity index (χ0v) is 10.1. The van der Waals surface area contributed by atoms with Crippen molar-refractivity contribution in [1.29, 1.82) is 0 Å². The van der Waals surface area contributed by atoms with Crippen LogP contribution in [-0.4, -0.2) is 19.3 Å². The minimum Gasteiger partial charge on any atom is -0.493 e. The van der Waals surface area contributed by atoms with Crippen LogP contribution >= 0.6 is 0 Å². The van der Waals surface area contributed by atoms with E-state index in [0.29, 0.717) is 5.75 Å². The summed E-state index contributed by atoms with van der Waals surface area (Å²) in [4.78, 5) is 0. The lowest BCUT2D eigenvalue weighted by atomic mass is 10.1. The van der Waals surface area contributed by atoms with Crippen molar-refractivity contribution in [3.63, 3.8) is 0 Å². The maximum absolute atomic E-state index is 8.95. The van der Waals surface area contributed by atoms with Gasteiger partial charge in [-0.25, -0.2) is 0 Å². The fourth-order valence-electron chi connectivity index (χ4n) is 1.32. The van der Waals surface area contributed by atoms with Crippen LogP contribution in [0.5, 0.6) is 11.5 Å². The second-order valence-electron chi connectivity index (χ2n) is 2.81. The molecule has 0 amide bonds.